The molecule has 0 atom stereocenters. The predicted molar refractivity (Wildman–Crippen MR) is 122 cm³/mol. The van der Waals surface area contributed by atoms with E-state index >= 15 is 0 Å². The minimum Gasteiger partial charge on any atom is -0.493 e. The molecule has 0 heterocycles. The van der Waals surface area contributed by atoms with Gasteiger partial charge >= 0.3 is 5.97 Å². The highest BCUT2D eigenvalue weighted by Crippen LogP contribution is 2.37. The molecule has 0 radical (unpaired) electrons. The number of halogens is 1. The van der Waals surface area contributed by atoms with Crippen molar-refractivity contribution in [1.29, 1.82) is 0 Å². The summed E-state index contributed by atoms with van der Waals surface area (Å²) in [5.74, 6) is 0.340. The van der Waals surface area contributed by atoms with Gasteiger partial charge in [-0.05, 0) is 70.7 Å². The number of aromatic carboxylic acids is 1. The summed E-state index contributed by atoms with van der Waals surface area (Å²) in [7, 11) is 1.61. The van der Waals surface area contributed by atoms with Crippen LogP contribution in [0.3, 0.4) is 0 Å². The first kappa shape index (κ1) is 21.7. The van der Waals surface area contributed by atoms with Gasteiger partial charge in [0.1, 0.15) is 6.61 Å². The number of benzene rings is 3. The first-order valence-corrected chi connectivity index (χ1v) is 10.3. The third-order valence-electron chi connectivity index (χ3n) is 4.80. The van der Waals surface area contributed by atoms with Crippen molar-refractivity contribution in [2.24, 2.45) is 0 Å². The summed E-state index contributed by atoms with van der Waals surface area (Å²) in [6.45, 7) is 4.80. The lowest BCUT2D eigenvalue weighted by Crippen LogP contribution is -2.06. The summed E-state index contributed by atoms with van der Waals surface area (Å²) in [4.78, 5) is 11.3. The highest BCUT2D eigenvalue weighted by molar-refractivity contribution is 9.10. The Morgan fingerprint density at radius 1 is 1.07 bits per heavy atom. The average Bonchev–Trinajstić information content (AvgIpc) is 2.71. The molecule has 0 saturated carbocycles. The number of carboxylic acids is 1. The molecule has 3 aromatic carbocycles. The Morgan fingerprint density at radius 2 is 1.83 bits per heavy atom. The average molecular weight is 470 g/mol. The molecular weight excluding hydrogens is 446 g/mol. The van der Waals surface area contributed by atoms with Crippen LogP contribution in [0.25, 0.3) is 0 Å². The van der Waals surface area contributed by atoms with Crippen molar-refractivity contribution >= 4 is 27.6 Å². The second kappa shape index (κ2) is 9.67. The van der Waals surface area contributed by atoms with Crippen molar-refractivity contribution in [2.75, 3.05) is 12.4 Å². The molecule has 0 unspecified atom stereocenters. The molecular formula is C24H24BrNO4. The van der Waals surface area contributed by atoms with Crippen LogP contribution in [0.2, 0.25) is 0 Å². The monoisotopic (exact) mass is 469 g/mol. The van der Waals surface area contributed by atoms with E-state index in [1.54, 1.807) is 26.2 Å². The summed E-state index contributed by atoms with van der Waals surface area (Å²) in [5.41, 5.74) is 5.02. The zero-order valence-electron chi connectivity index (χ0n) is 17.2. The Balaban J connectivity index is 1.75. The SMILES string of the molecule is COc1cc(CNc2cccc(C(=O)O)c2C)cc(Br)c1OCc1cccc(C)c1. The fraction of sp³-hybridized carbons (Fsp3) is 0.208. The van der Waals surface area contributed by atoms with Crippen LogP contribution in [0.5, 0.6) is 11.5 Å². The maximum absolute atomic E-state index is 11.3. The summed E-state index contributed by atoms with van der Waals surface area (Å²) in [6.07, 6.45) is 0. The van der Waals surface area contributed by atoms with Gasteiger partial charge in [-0.15, -0.1) is 0 Å². The van der Waals surface area contributed by atoms with E-state index in [0.29, 0.717) is 35.8 Å². The van der Waals surface area contributed by atoms with Gasteiger partial charge in [-0.3, -0.25) is 0 Å². The molecule has 0 aromatic heterocycles. The molecule has 3 aromatic rings. The number of methoxy groups -OCH3 is 1. The number of carboxylic acid groups (broad SMARTS) is 1. The van der Waals surface area contributed by atoms with Crippen molar-refractivity contribution in [3.05, 3.63) is 86.9 Å². The van der Waals surface area contributed by atoms with Crippen LogP contribution in [0.15, 0.2) is 59.1 Å². The van der Waals surface area contributed by atoms with E-state index in [4.69, 9.17) is 9.47 Å². The summed E-state index contributed by atoms with van der Waals surface area (Å²) in [6, 6.07) is 17.3. The third kappa shape index (κ3) is 5.13. The molecule has 0 aliphatic carbocycles. The van der Waals surface area contributed by atoms with Gasteiger partial charge in [-0.25, -0.2) is 4.79 Å². The van der Waals surface area contributed by atoms with Gasteiger partial charge < -0.3 is 19.9 Å². The number of hydrogen-bond acceptors (Lipinski definition) is 4. The highest BCUT2D eigenvalue weighted by atomic mass is 79.9. The van der Waals surface area contributed by atoms with E-state index in [1.807, 2.05) is 30.3 Å². The molecule has 156 valence electrons. The van der Waals surface area contributed by atoms with Crippen LogP contribution in [-0.4, -0.2) is 18.2 Å². The van der Waals surface area contributed by atoms with Crippen molar-refractivity contribution < 1.29 is 19.4 Å². The number of anilines is 1. The van der Waals surface area contributed by atoms with E-state index in [9.17, 15) is 9.90 Å². The fourth-order valence-electron chi connectivity index (χ4n) is 3.23. The smallest absolute Gasteiger partial charge is 0.336 e. The molecule has 0 aliphatic rings. The maximum atomic E-state index is 11.3. The molecule has 6 heteroatoms. The van der Waals surface area contributed by atoms with Crippen molar-refractivity contribution in [1.82, 2.24) is 0 Å². The van der Waals surface area contributed by atoms with Gasteiger partial charge in [-0.1, -0.05) is 35.9 Å². The summed E-state index contributed by atoms with van der Waals surface area (Å²) < 4.78 is 12.4. The number of nitrogens with one attached hydrogen (secondary N) is 1. The van der Waals surface area contributed by atoms with Crippen molar-refractivity contribution in [2.45, 2.75) is 27.0 Å². The Labute approximate surface area is 184 Å². The van der Waals surface area contributed by atoms with Crippen LogP contribution in [-0.2, 0) is 13.2 Å². The minimum absolute atomic E-state index is 0.290. The van der Waals surface area contributed by atoms with E-state index in [2.05, 4.69) is 40.3 Å². The second-order valence-corrected chi connectivity index (χ2v) is 7.88. The van der Waals surface area contributed by atoms with Gasteiger partial charge in [0.05, 0.1) is 17.1 Å². The molecule has 0 fully saturated rings. The minimum atomic E-state index is -0.935. The zero-order chi connectivity index (χ0) is 21.7. The zero-order valence-corrected chi connectivity index (χ0v) is 18.7. The Bertz CT molecular complexity index is 1070. The van der Waals surface area contributed by atoms with E-state index in [0.717, 1.165) is 21.3 Å². The second-order valence-electron chi connectivity index (χ2n) is 7.02. The number of rotatable bonds is 8. The summed E-state index contributed by atoms with van der Waals surface area (Å²) in [5, 5.41) is 12.6. The standard InChI is InChI=1S/C24H24BrNO4/c1-15-6-4-7-17(10-15)14-30-23-20(25)11-18(12-22(23)29-3)13-26-21-9-5-8-19(16(21)2)24(27)28/h4-12,26H,13-14H2,1-3H3,(H,27,28). The van der Waals surface area contributed by atoms with Gasteiger partial charge in [0.15, 0.2) is 11.5 Å². The topological polar surface area (TPSA) is 67.8 Å². The first-order valence-electron chi connectivity index (χ1n) is 9.50. The van der Waals surface area contributed by atoms with Gasteiger partial charge in [-0.2, -0.15) is 0 Å². The fourth-order valence-corrected chi connectivity index (χ4v) is 3.83. The largest absolute Gasteiger partial charge is 0.493 e. The van der Waals surface area contributed by atoms with Crippen LogP contribution in [0.1, 0.15) is 32.6 Å². The molecule has 2 N–H and O–H groups in total. The van der Waals surface area contributed by atoms with Crippen LogP contribution in [0.4, 0.5) is 5.69 Å². The summed E-state index contributed by atoms with van der Waals surface area (Å²) >= 11 is 3.59. The number of ether oxygens (including phenoxy) is 2. The quantitative estimate of drug-likeness (QED) is 0.425. The Kier molecular flexibility index (Phi) is 7.00. The van der Waals surface area contributed by atoms with Gasteiger partial charge in [0.25, 0.3) is 0 Å². The maximum Gasteiger partial charge on any atom is 0.336 e. The molecule has 3 rings (SSSR count). The molecule has 30 heavy (non-hydrogen) atoms. The molecule has 0 bridgehead atoms. The molecule has 0 spiro atoms. The van der Waals surface area contributed by atoms with Crippen molar-refractivity contribution in [3.8, 4) is 11.5 Å². The van der Waals surface area contributed by atoms with Crippen LogP contribution >= 0.6 is 15.9 Å². The molecule has 0 aliphatic heterocycles. The van der Waals surface area contributed by atoms with E-state index < -0.39 is 5.97 Å². The first-order chi connectivity index (χ1) is 14.4. The normalized spacial score (nSPS) is 10.5. The predicted octanol–water partition coefficient (Wildman–Crippen LogP) is 5.96. The van der Waals surface area contributed by atoms with Gasteiger partial charge in [0, 0.05) is 12.2 Å². The molecule has 5 nitrogen and oxygen atoms in total. The lowest BCUT2D eigenvalue weighted by Gasteiger charge is -2.16. The number of hydrogen-bond donors (Lipinski definition) is 2. The number of carbonyl (C=O) groups is 1. The van der Waals surface area contributed by atoms with Gasteiger partial charge in [0.2, 0.25) is 0 Å². The Morgan fingerprint density at radius 3 is 2.53 bits per heavy atom. The molecule has 0 amide bonds. The van der Waals surface area contributed by atoms with E-state index in [1.165, 1.54) is 5.56 Å². The highest BCUT2D eigenvalue weighted by Gasteiger charge is 2.14. The lowest BCUT2D eigenvalue weighted by molar-refractivity contribution is 0.0696. The van der Waals surface area contributed by atoms with Crippen molar-refractivity contribution in [3.63, 3.8) is 0 Å². The van der Waals surface area contributed by atoms with Crippen LogP contribution < -0.4 is 14.8 Å². The lowest BCUT2D eigenvalue weighted by atomic mass is 10.1. The Hall–Kier alpha value is -2.99. The van der Waals surface area contributed by atoms with E-state index in [-0.39, 0.29) is 0 Å². The third-order valence-corrected chi connectivity index (χ3v) is 5.39. The number of aryl methyl sites for hydroxylation is 1. The molecule has 0 saturated heterocycles. The van der Waals surface area contributed by atoms with Crippen LogP contribution in [0, 0.1) is 13.8 Å².